The number of hydrogen-bond donors (Lipinski definition) is 0. The summed E-state index contributed by atoms with van der Waals surface area (Å²) in [6, 6.07) is 5.28. The van der Waals surface area contributed by atoms with E-state index in [9.17, 15) is 4.79 Å². The van der Waals surface area contributed by atoms with Crippen LogP contribution in [0.5, 0.6) is 0 Å². The highest BCUT2D eigenvalue weighted by atomic mass is 79.9. The molecular formula is C13H13BrClNO. The number of carbonyl (C=O) groups is 1. The smallest absolute Gasteiger partial charge is 0.255 e. The van der Waals surface area contributed by atoms with Gasteiger partial charge in [0.1, 0.15) is 0 Å². The van der Waals surface area contributed by atoms with Gasteiger partial charge in [-0.15, -0.1) is 13.2 Å². The second-order valence-electron chi connectivity index (χ2n) is 3.39. The molecule has 0 atom stereocenters. The molecule has 0 saturated carbocycles. The van der Waals surface area contributed by atoms with Gasteiger partial charge in [-0.2, -0.15) is 0 Å². The predicted molar refractivity (Wildman–Crippen MR) is 75.4 cm³/mol. The molecule has 0 fully saturated rings. The molecule has 0 spiro atoms. The van der Waals surface area contributed by atoms with Crippen LogP contribution in [-0.2, 0) is 0 Å². The van der Waals surface area contributed by atoms with Crippen molar-refractivity contribution in [3.8, 4) is 0 Å². The molecule has 0 aromatic heterocycles. The van der Waals surface area contributed by atoms with Crippen LogP contribution < -0.4 is 0 Å². The van der Waals surface area contributed by atoms with Gasteiger partial charge in [-0.1, -0.05) is 29.8 Å². The first-order valence-corrected chi connectivity index (χ1v) is 6.24. The lowest BCUT2D eigenvalue weighted by Gasteiger charge is -2.20. The van der Waals surface area contributed by atoms with Crippen LogP contribution in [0.15, 0.2) is 48.0 Å². The summed E-state index contributed by atoms with van der Waals surface area (Å²) in [7, 11) is 0. The van der Waals surface area contributed by atoms with E-state index in [1.807, 2.05) is 0 Å². The molecule has 1 rings (SSSR count). The standard InChI is InChI=1S/C13H13BrClNO/c1-3-8-16(9-4-2)13(17)10-6-5-7-11(14)12(10)15/h3-7H,1-2,8-9H2. The van der Waals surface area contributed by atoms with Gasteiger partial charge < -0.3 is 4.90 Å². The normalized spacial score (nSPS) is 9.76. The Morgan fingerprint density at radius 2 is 1.94 bits per heavy atom. The topological polar surface area (TPSA) is 20.3 Å². The van der Waals surface area contributed by atoms with Gasteiger partial charge in [-0.25, -0.2) is 0 Å². The van der Waals surface area contributed by atoms with E-state index in [-0.39, 0.29) is 5.91 Å². The molecule has 0 aliphatic carbocycles. The minimum atomic E-state index is -0.129. The van der Waals surface area contributed by atoms with Gasteiger partial charge in [0, 0.05) is 17.6 Å². The first-order valence-electron chi connectivity index (χ1n) is 5.07. The van der Waals surface area contributed by atoms with Crippen molar-refractivity contribution < 1.29 is 4.79 Å². The fourth-order valence-electron chi connectivity index (χ4n) is 1.39. The van der Waals surface area contributed by atoms with Crippen LogP contribution in [0.2, 0.25) is 5.02 Å². The minimum absolute atomic E-state index is 0.129. The van der Waals surface area contributed by atoms with Crippen LogP contribution >= 0.6 is 27.5 Å². The zero-order chi connectivity index (χ0) is 12.8. The molecule has 0 bridgehead atoms. The molecule has 0 saturated heterocycles. The molecule has 0 aliphatic rings. The SMILES string of the molecule is C=CCN(CC=C)C(=O)c1cccc(Br)c1Cl. The van der Waals surface area contributed by atoms with E-state index in [1.165, 1.54) is 0 Å². The van der Waals surface area contributed by atoms with E-state index in [0.717, 1.165) is 0 Å². The summed E-state index contributed by atoms with van der Waals surface area (Å²) in [4.78, 5) is 13.8. The third-order valence-electron chi connectivity index (χ3n) is 2.17. The Bertz CT molecular complexity index is 435. The fourth-order valence-corrected chi connectivity index (χ4v) is 1.96. The van der Waals surface area contributed by atoms with Crippen LogP contribution in [0.25, 0.3) is 0 Å². The molecule has 0 aliphatic heterocycles. The number of halogens is 2. The number of hydrogen-bond acceptors (Lipinski definition) is 1. The van der Waals surface area contributed by atoms with Crippen molar-refractivity contribution in [2.45, 2.75) is 0 Å². The van der Waals surface area contributed by atoms with E-state index in [2.05, 4.69) is 29.1 Å². The Hall–Kier alpha value is -1.06. The Kier molecular flexibility index (Phi) is 5.45. The molecule has 0 N–H and O–H groups in total. The van der Waals surface area contributed by atoms with Crippen molar-refractivity contribution in [3.05, 3.63) is 58.6 Å². The Morgan fingerprint density at radius 3 is 2.47 bits per heavy atom. The molecule has 17 heavy (non-hydrogen) atoms. The van der Waals surface area contributed by atoms with Crippen molar-refractivity contribution in [2.75, 3.05) is 13.1 Å². The molecule has 2 nitrogen and oxygen atoms in total. The molecule has 1 aromatic carbocycles. The molecule has 1 aromatic rings. The quantitative estimate of drug-likeness (QED) is 0.754. The third kappa shape index (κ3) is 3.45. The number of rotatable bonds is 5. The summed E-state index contributed by atoms with van der Waals surface area (Å²) in [6.07, 6.45) is 3.35. The largest absolute Gasteiger partial charge is 0.331 e. The van der Waals surface area contributed by atoms with Gasteiger partial charge in [0.2, 0.25) is 0 Å². The molecule has 0 unspecified atom stereocenters. The third-order valence-corrected chi connectivity index (χ3v) is 3.46. The van der Waals surface area contributed by atoms with Crippen LogP contribution in [0.3, 0.4) is 0 Å². The van der Waals surface area contributed by atoms with E-state index >= 15 is 0 Å². The highest BCUT2D eigenvalue weighted by Crippen LogP contribution is 2.26. The van der Waals surface area contributed by atoms with Gasteiger partial charge in [0.05, 0.1) is 10.6 Å². The highest BCUT2D eigenvalue weighted by molar-refractivity contribution is 9.10. The van der Waals surface area contributed by atoms with Crippen LogP contribution in [0, 0.1) is 0 Å². The zero-order valence-electron chi connectivity index (χ0n) is 9.33. The summed E-state index contributed by atoms with van der Waals surface area (Å²) in [5, 5.41) is 0.427. The number of carbonyl (C=O) groups excluding carboxylic acids is 1. The summed E-state index contributed by atoms with van der Waals surface area (Å²) in [5.41, 5.74) is 0.477. The predicted octanol–water partition coefficient (Wildman–Crippen LogP) is 3.92. The maximum absolute atomic E-state index is 12.2. The molecule has 1 amide bonds. The lowest BCUT2D eigenvalue weighted by atomic mass is 10.2. The van der Waals surface area contributed by atoms with E-state index in [1.54, 1.807) is 35.3 Å². The van der Waals surface area contributed by atoms with Crippen molar-refractivity contribution >= 4 is 33.4 Å². The Labute approximate surface area is 115 Å². The first-order chi connectivity index (χ1) is 8.11. The molecule has 4 heteroatoms. The molecule has 0 radical (unpaired) electrons. The number of benzene rings is 1. The van der Waals surface area contributed by atoms with Gasteiger partial charge in [0.25, 0.3) is 5.91 Å². The van der Waals surface area contributed by atoms with E-state index in [4.69, 9.17) is 11.6 Å². The fraction of sp³-hybridized carbons (Fsp3) is 0.154. The van der Waals surface area contributed by atoms with Crippen molar-refractivity contribution in [3.63, 3.8) is 0 Å². The Balaban J connectivity index is 3.04. The lowest BCUT2D eigenvalue weighted by Crippen LogP contribution is -2.31. The summed E-state index contributed by atoms with van der Waals surface area (Å²) in [6.45, 7) is 8.19. The summed E-state index contributed by atoms with van der Waals surface area (Å²) < 4.78 is 0.710. The monoisotopic (exact) mass is 313 g/mol. The van der Waals surface area contributed by atoms with Crippen LogP contribution in [0.1, 0.15) is 10.4 Å². The average Bonchev–Trinajstić information content (AvgIpc) is 2.31. The van der Waals surface area contributed by atoms with E-state index in [0.29, 0.717) is 28.1 Å². The first kappa shape index (κ1) is 14.0. The van der Waals surface area contributed by atoms with Gasteiger partial charge in [-0.05, 0) is 28.1 Å². The highest BCUT2D eigenvalue weighted by Gasteiger charge is 2.17. The van der Waals surface area contributed by atoms with Crippen molar-refractivity contribution in [1.29, 1.82) is 0 Å². The molecule has 90 valence electrons. The van der Waals surface area contributed by atoms with E-state index < -0.39 is 0 Å². The maximum Gasteiger partial charge on any atom is 0.255 e. The second kappa shape index (κ2) is 6.62. The van der Waals surface area contributed by atoms with Crippen LogP contribution in [-0.4, -0.2) is 23.9 Å². The van der Waals surface area contributed by atoms with Crippen molar-refractivity contribution in [2.24, 2.45) is 0 Å². The van der Waals surface area contributed by atoms with Gasteiger partial charge >= 0.3 is 0 Å². The Morgan fingerprint density at radius 1 is 1.35 bits per heavy atom. The zero-order valence-corrected chi connectivity index (χ0v) is 11.7. The average molecular weight is 315 g/mol. The van der Waals surface area contributed by atoms with Gasteiger partial charge in [-0.3, -0.25) is 4.79 Å². The summed E-state index contributed by atoms with van der Waals surface area (Å²) in [5.74, 6) is -0.129. The van der Waals surface area contributed by atoms with Crippen LogP contribution in [0.4, 0.5) is 0 Å². The lowest BCUT2D eigenvalue weighted by molar-refractivity contribution is 0.0791. The van der Waals surface area contributed by atoms with Crippen molar-refractivity contribution in [1.82, 2.24) is 4.90 Å². The number of nitrogens with zero attached hydrogens (tertiary/aromatic N) is 1. The number of amides is 1. The summed E-state index contributed by atoms with van der Waals surface area (Å²) >= 11 is 9.38. The maximum atomic E-state index is 12.2. The van der Waals surface area contributed by atoms with Gasteiger partial charge in [0.15, 0.2) is 0 Å². The molecule has 0 heterocycles. The molecular weight excluding hydrogens is 302 g/mol. The minimum Gasteiger partial charge on any atom is -0.331 e. The second-order valence-corrected chi connectivity index (χ2v) is 4.62.